The first kappa shape index (κ1) is 22.9. The van der Waals surface area contributed by atoms with E-state index in [-0.39, 0.29) is 16.2 Å². The number of thioether (sulfide) groups is 1. The zero-order chi connectivity index (χ0) is 22.0. The number of hydrogen-bond acceptors (Lipinski definition) is 5. The number of benzene rings is 2. The number of alkyl halides is 6. The smallest absolute Gasteiger partial charge is 0.478 e. The van der Waals surface area contributed by atoms with Crippen LogP contribution in [0, 0.1) is 0 Å². The highest BCUT2D eigenvalue weighted by molar-refractivity contribution is 7.98. The molecule has 0 aliphatic carbocycles. The minimum atomic E-state index is -5.56. The van der Waals surface area contributed by atoms with Gasteiger partial charge in [-0.05, 0) is 35.9 Å². The lowest BCUT2D eigenvalue weighted by atomic mass is 10.2. The number of aromatic carboxylic acids is 1. The molecule has 2 aromatic rings. The monoisotopic (exact) mass is 460 g/mol. The van der Waals surface area contributed by atoms with E-state index in [1.54, 1.807) is 0 Å². The summed E-state index contributed by atoms with van der Waals surface area (Å²) in [6.07, 6.45) is -5.06. The van der Waals surface area contributed by atoms with Crippen molar-refractivity contribution in [3.05, 3.63) is 53.6 Å². The van der Waals surface area contributed by atoms with Crippen LogP contribution in [0.4, 0.5) is 26.3 Å². The lowest BCUT2D eigenvalue weighted by Crippen LogP contribution is -2.23. The van der Waals surface area contributed by atoms with Gasteiger partial charge in [0.25, 0.3) is 9.84 Å². The molecular weight excluding hydrogens is 450 g/mol. The fraction of sp³-hybridized carbons (Fsp3) is 0.188. The summed E-state index contributed by atoms with van der Waals surface area (Å²) in [5, 5.41) is 9.00. The van der Waals surface area contributed by atoms with Crippen LogP contribution in [0.15, 0.2) is 52.3 Å². The molecule has 2 aromatic carbocycles. The maximum absolute atomic E-state index is 12.6. The summed E-state index contributed by atoms with van der Waals surface area (Å²) < 4.78 is 102. The van der Waals surface area contributed by atoms with Crippen LogP contribution in [0.25, 0.3) is 0 Å². The fourth-order valence-corrected chi connectivity index (χ4v) is 3.83. The molecule has 0 fully saturated rings. The quantitative estimate of drug-likeness (QED) is 0.490. The Morgan fingerprint density at radius 3 is 2.24 bits per heavy atom. The Balaban J connectivity index is 2.28. The first-order valence-electron chi connectivity index (χ1n) is 7.36. The highest BCUT2D eigenvalue weighted by atomic mass is 32.2. The van der Waals surface area contributed by atoms with E-state index >= 15 is 0 Å². The van der Waals surface area contributed by atoms with Gasteiger partial charge in [-0.15, -0.1) is 24.9 Å². The Morgan fingerprint density at radius 2 is 1.69 bits per heavy atom. The van der Waals surface area contributed by atoms with Crippen molar-refractivity contribution in [1.82, 2.24) is 0 Å². The Hall–Kier alpha value is -2.41. The number of carbonyl (C=O) groups is 1. The standard InChI is InChI=1S/C16H10F6O5S2/c17-15(18,19)27-11-5-10(14(23)24)6-12(7-11)28-8-9-2-1-3-13(4-9)29(25,26)16(20,21)22/h1-7H,8H2,(H,23,24). The molecule has 0 heterocycles. The third-order valence-electron chi connectivity index (χ3n) is 3.28. The number of halogens is 6. The van der Waals surface area contributed by atoms with Crippen LogP contribution in [0.3, 0.4) is 0 Å². The first-order valence-corrected chi connectivity index (χ1v) is 9.83. The molecule has 0 aliphatic heterocycles. The molecule has 29 heavy (non-hydrogen) atoms. The van der Waals surface area contributed by atoms with Gasteiger partial charge in [-0.25, -0.2) is 13.2 Å². The minimum Gasteiger partial charge on any atom is -0.478 e. The van der Waals surface area contributed by atoms with Gasteiger partial charge in [-0.1, -0.05) is 12.1 Å². The van der Waals surface area contributed by atoms with Crippen molar-refractivity contribution >= 4 is 27.6 Å². The van der Waals surface area contributed by atoms with Gasteiger partial charge in [-0.2, -0.15) is 13.2 Å². The molecule has 5 nitrogen and oxygen atoms in total. The van der Waals surface area contributed by atoms with Crippen LogP contribution in [-0.2, 0) is 15.6 Å². The van der Waals surface area contributed by atoms with Gasteiger partial charge in [0.2, 0.25) is 0 Å². The van der Waals surface area contributed by atoms with Crippen molar-refractivity contribution < 1.29 is 49.4 Å². The predicted octanol–water partition coefficient (Wildman–Crippen LogP) is 4.87. The zero-order valence-corrected chi connectivity index (χ0v) is 15.5. The lowest BCUT2D eigenvalue weighted by molar-refractivity contribution is -0.274. The molecule has 0 saturated carbocycles. The molecule has 0 amide bonds. The molecule has 13 heteroatoms. The maximum Gasteiger partial charge on any atom is 0.573 e. The number of rotatable bonds is 6. The third-order valence-corrected chi connectivity index (χ3v) is 5.81. The molecule has 0 aromatic heterocycles. The second-order valence-electron chi connectivity index (χ2n) is 5.43. The van der Waals surface area contributed by atoms with Crippen LogP contribution in [0.1, 0.15) is 15.9 Å². The summed E-state index contributed by atoms with van der Waals surface area (Å²) in [7, 11) is -5.56. The highest BCUT2D eigenvalue weighted by Gasteiger charge is 2.46. The topological polar surface area (TPSA) is 80.7 Å². The Morgan fingerprint density at radius 1 is 1.03 bits per heavy atom. The van der Waals surface area contributed by atoms with Crippen molar-refractivity contribution in [1.29, 1.82) is 0 Å². The molecular formula is C16H10F6O5S2. The van der Waals surface area contributed by atoms with Crippen molar-refractivity contribution in [2.24, 2.45) is 0 Å². The molecule has 0 spiro atoms. The molecule has 0 bridgehead atoms. The SMILES string of the molecule is O=C(O)c1cc(OC(F)(F)F)cc(SCc2cccc(S(=O)(=O)C(F)(F)F)c2)c1. The van der Waals surface area contributed by atoms with Crippen LogP contribution in [-0.4, -0.2) is 31.4 Å². The summed E-state index contributed by atoms with van der Waals surface area (Å²) >= 11 is 0.785. The normalized spacial score (nSPS) is 12.6. The van der Waals surface area contributed by atoms with Gasteiger partial charge in [0.05, 0.1) is 10.5 Å². The van der Waals surface area contributed by atoms with Gasteiger partial charge in [0.15, 0.2) is 0 Å². The molecule has 1 N–H and O–H groups in total. The number of sulfone groups is 1. The van der Waals surface area contributed by atoms with Crippen molar-refractivity contribution in [3.8, 4) is 5.75 Å². The van der Waals surface area contributed by atoms with Crippen LogP contribution in [0.5, 0.6) is 5.75 Å². The van der Waals surface area contributed by atoms with E-state index in [2.05, 4.69) is 4.74 Å². The van der Waals surface area contributed by atoms with Gasteiger partial charge < -0.3 is 9.84 Å². The van der Waals surface area contributed by atoms with Gasteiger partial charge in [-0.3, -0.25) is 0 Å². The van der Waals surface area contributed by atoms with Gasteiger partial charge >= 0.3 is 17.8 Å². The van der Waals surface area contributed by atoms with E-state index in [1.807, 2.05) is 0 Å². The maximum atomic E-state index is 12.6. The molecule has 0 saturated heterocycles. The first-order chi connectivity index (χ1) is 13.2. The average Bonchev–Trinajstić information content (AvgIpc) is 2.57. The zero-order valence-electron chi connectivity index (χ0n) is 13.9. The summed E-state index contributed by atoms with van der Waals surface area (Å²) in [6.45, 7) is 0. The molecule has 0 atom stereocenters. The third kappa shape index (κ3) is 6.03. The van der Waals surface area contributed by atoms with E-state index in [4.69, 9.17) is 5.11 Å². The summed E-state index contributed by atoms with van der Waals surface area (Å²) in [5.41, 5.74) is -5.86. The lowest BCUT2D eigenvalue weighted by Gasteiger charge is -2.12. The minimum absolute atomic E-state index is 0.0215. The van der Waals surface area contributed by atoms with Gasteiger partial charge in [0.1, 0.15) is 5.75 Å². The molecule has 158 valence electrons. The number of ether oxygens (including phenoxy) is 1. The second-order valence-corrected chi connectivity index (χ2v) is 8.42. The highest BCUT2D eigenvalue weighted by Crippen LogP contribution is 2.33. The second kappa shape index (κ2) is 8.14. The Bertz CT molecular complexity index is 1020. The fourth-order valence-electron chi connectivity index (χ4n) is 2.07. The number of carboxylic acid groups (broad SMARTS) is 1. The largest absolute Gasteiger partial charge is 0.573 e. The van der Waals surface area contributed by atoms with Crippen LogP contribution in [0.2, 0.25) is 0 Å². The summed E-state index contributed by atoms with van der Waals surface area (Å²) in [5.74, 6) is -2.44. The van der Waals surface area contributed by atoms with Crippen LogP contribution < -0.4 is 4.74 Å². The van der Waals surface area contributed by atoms with E-state index in [0.29, 0.717) is 6.07 Å². The number of carboxylic acids is 1. The van der Waals surface area contributed by atoms with E-state index in [0.717, 1.165) is 42.1 Å². The van der Waals surface area contributed by atoms with Crippen molar-refractivity contribution in [3.63, 3.8) is 0 Å². The van der Waals surface area contributed by atoms with E-state index in [1.165, 1.54) is 6.07 Å². The van der Waals surface area contributed by atoms with Crippen molar-refractivity contribution in [2.75, 3.05) is 0 Å². The molecule has 0 unspecified atom stereocenters. The van der Waals surface area contributed by atoms with Crippen LogP contribution >= 0.6 is 11.8 Å². The summed E-state index contributed by atoms with van der Waals surface area (Å²) in [6, 6.07) is 6.56. The Kier molecular flexibility index (Phi) is 6.42. The van der Waals surface area contributed by atoms with E-state index in [9.17, 15) is 39.6 Å². The molecule has 2 rings (SSSR count). The average molecular weight is 460 g/mol. The Labute approximate surface area is 164 Å². The number of hydrogen-bond donors (Lipinski definition) is 1. The molecule has 0 aliphatic rings. The van der Waals surface area contributed by atoms with Crippen molar-refractivity contribution in [2.45, 2.75) is 27.4 Å². The summed E-state index contributed by atoms with van der Waals surface area (Å²) in [4.78, 5) is 10.1. The van der Waals surface area contributed by atoms with E-state index < -0.39 is 43.9 Å². The predicted molar refractivity (Wildman–Crippen MR) is 89.3 cm³/mol. The van der Waals surface area contributed by atoms with Gasteiger partial charge in [0, 0.05) is 10.6 Å². The molecule has 0 radical (unpaired) electrons.